The zero-order chi connectivity index (χ0) is 16.9. The smallest absolute Gasteiger partial charge is 0.274 e. The minimum atomic E-state index is -0.274. The Morgan fingerprint density at radius 1 is 1.29 bits per heavy atom. The van der Waals surface area contributed by atoms with Gasteiger partial charge >= 0.3 is 0 Å². The highest BCUT2D eigenvalue weighted by atomic mass is 16.1. The number of benzene rings is 1. The molecule has 2 aromatic rings. The van der Waals surface area contributed by atoms with E-state index in [1.54, 1.807) is 36.5 Å². The molecule has 0 atom stereocenters. The number of anilines is 2. The largest absolute Gasteiger partial charge is 0.370 e. The topological polar surface area (TPSA) is 69.0 Å². The fourth-order valence-electron chi connectivity index (χ4n) is 2.84. The molecule has 1 N–H and O–H groups in total. The van der Waals surface area contributed by atoms with E-state index in [0.29, 0.717) is 16.9 Å². The highest BCUT2D eigenvalue weighted by molar-refractivity contribution is 6.03. The molecule has 5 nitrogen and oxygen atoms in total. The van der Waals surface area contributed by atoms with Crippen molar-refractivity contribution in [2.24, 2.45) is 5.92 Å². The van der Waals surface area contributed by atoms with E-state index in [9.17, 15) is 4.79 Å². The highest BCUT2D eigenvalue weighted by Crippen LogP contribution is 2.22. The highest BCUT2D eigenvalue weighted by Gasteiger charge is 2.17. The van der Waals surface area contributed by atoms with Crippen LogP contribution in [-0.2, 0) is 0 Å². The van der Waals surface area contributed by atoms with Crippen molar-refractivity contribution in [3.63, 3.8) is 0 Å². The van der Waals surface area contributed by atoms with E-state index in [2.05, 4.69) is 28.2 Å². The standard InChI is InChI=1S/C19H20N4O/c1-14-7-9-23(10-8-14)17-5-6-18(21-13-17)19(24)22-16-4-2-3-15(11-16)12-20/h2-6,11,13-14H,7-10H2,1H3,(H,22,24). The lowest BCUT2D eigenvalue weighted by Gasteiger charge is -2.31. The first-order valence-electron chi connectivity index (χ1n) is 8.18. The number of piperidine rings is 1. The maximum atomic E-state index is 12.3. The number of aromatic nitrogens is 1. The van der Waals surface area contributed by atoms with E-state index in [-0.39, 0.29) is 5.91 Å². The van der Waals surface area contributed by atoms with Crippen LogP contribution in [0.2, 0.25) is 0 Å². The van der Waals surface area contributed by atoms with Gasteiger partial charge in [-0.05, 0) is 49.1 Å². The summed E-state index contributed by atoms with van der Waals surface area (Å²) in [6.07, 6.45) is 4.14. The minimum Gasteiger partial charge on any atom is -0.370 e. The van der Waals surface area contributed by atoms with Crippen molar-refractivity contribution in [3.05, 3.63) is 53.9 Å². The fourth-order valence-corrected chi connectivity index (χ4v) is 2.84. The van der Waals surface area contributed by atoms with Gasteiger partial charge in [-0.15, -0.1) is 0 Å². The van der Waals surface area contributed by atoms with Crippen LogP contribution in [0, 0.1) is 17.2 Å². The van der Waals surface area contributed by atoms with Crippen LogP contribution in [0.15, 0.2) is 42.6 Å². The van der Waals surface area contributed by atoms with Gasteiger partial charge in [0.25, 0.3) is 5.91 Å². The Labute approximate surface area is 141 Å². The van der Waals surface area contributed by atoms with Gasteiger partial charge in [-0.1, -0.05) is 13.0 Å². The Balaban J connectivity index is 1.66. The van der Waals surface area contributed by atoms with Gasteiger partial charge in [0.2, 0.25) is 0 Å². The maximum Gasteiger partial charge on any atom is 0.274 e. The molecule has 1 aromatic heterocycles. The second-order valence-electron chi connectivity index (χ2n) is 6.22. The lowest BCUT2D eigenvalue weighted by atomic mass is 9.99. The van der Waals surface area contributed by atoms with Crippen molar-refractivity contribution in [1.29, 1.82) is 5.26 Å². The maximum absolute atomic E-state index is 12.3. The molecule has 122 valence electrons. The average molecular weight is 320 g/mol. The SMILES string of the molecule is CC1CCN(c2ccc(C(=O)Nc3cccc(C#N)c3)nc2)CC1. The predicted molar refractivity (Wildman–Crippen MR) is 94.0 cm³/mol. The molecule has 1 aromatic carbocycles. The molecule has 2 heterocycles. The van der Waals surface area contributed by atoms with Crippen LogP contribution in [0.1, 0.15) is 35.8 Å². The second-order valence-corrected chi connectivity index (χ2v) is 6.22. The van der Waals surface area contributed by atoms with Gasteiger partial charge in [-0.2, -0.15) is 5.26 Å². The number of nitrogens with zero attached hydrogens (tertiary/aromatic N) is 3. The number of nitrogens with one attached hydrogen (secondary N) is 1. The van der Waals surface area contributed by atoms with Crippen molar-refractivity contribution in [3.8, 4) is 6.07 Å². The van der Waals surface area contributed by atoms with Gasteiger partial charge in [0.15, 0.2) is 0 Å². The van der Waals surface area contributed by atoms with Gasteiger partial charge in [0.1, 0.15) is 5.69 Å². The van der Waals surface area contributed by atoms with E-state index >= 15 is 0 Å². The van der Waals surface area contributed by atoms with Crippen molar-refractivity contribution < 1.29 is 4.79 Å². The summed E-state index contributed by atoms with van der Waals surface area (Å²) in [6, 6.07) is 12.6. The van der Waals surface area contributed by atoms with Crippen LogP contribution in [0.4, 0.5) is 11.4 Å². The van der Waals surface area contributed by atoms with Gasteiger partial charge in [0, 0.05) is 18.8 Å². The first-order valence-corrected chi connectivity index (χ1v) is 8.18. The minimum absolute atomic E-state index is 0.274. The molecule has 0 spiro atoms. The normalized spacial score (nSPS) is 14.9. The molecule has 3 rings (SSSR count). The van der Waals surface area contributed by atoms with Gasteiger partial charge < -0.3 is 10.2 Å². The Morgan fingerprint density at radius 2 is 2.08 bits per heavy atom. The van der Waals surface area contributed by atoms with Crippen molar-refractivity contribution >= 4 is 17.3 Å². The van der Waals surface area contributed by atoms with E-state index in [4.69, 9.17) is 5.26 Å². The number of rotatable bonds is 3. The third-order valence-electron chi connectivity index (χ3n) is 4.38. The number of hydrogen-bond donors (Lipinski definition) is 1. The van der Waals surface area contributed by atoms with Crippen molar-refractivity contribution in [2.75, 3.05) is 23.3 Å². The molecule has 1 amide bonds. The molecule has 0 aliphatic carbocycles. The molecular formula is C19H20N4O. The van der Waals surface area contributed by atoms with Crippen LogP contribution in [0.3, 0.4) is 0 Å². The lowest BCUT2D eigenvalue weighted by Crippen LogP contribution is -2.32. The Hall–Kier alpha value is -2.87. The van der Waals surface area contributed by atoms with Gasteiger partial charge in [-0.25, -0.2) is 4.98 Å². The summed E-state index contributed by atoms with van der Waals surface area (Å²) < 4.78 is 0. The summed E-state index contributed by atoms with van der Waals surface area (Å²) in [6.45, 7) is 4.36. The zero-order valence-corrected chi connectivity index (χ0v) is 13.7. The molecule has 0 unspecified atom stereocenters. The molecule has 1 aliphatic rings. The zero-order valence-electron chi connectivity index (χ0n) is 13.7. The summed E-state index contributed by atoms with van der Waals surface area (Å²) in [5.41, 5.74) is 2.53. The monoisotopic (exact) mass is 320 g/mol. The van der Waals surface area contributed by atoms with Gasteiger partial charge in [0.05, 0.1) is 23.5 Å². The third-order valence-corrected chi connectivity index (χ3v) is 4.38. The van der Waals surface area contributed by atoms with Crippen LogP contribution in [0.25, 0.3) is 0 Å². The van der Waals surface area contributed by atoms with E-state index < -0.39 is 0 Å². The number of carbonyl (C=O) groups is 1. The summed E-state index contributed by atoms with van der Waals surface area (Å²) in [4.78, 5) is 18.9. The Kier molecular flexibility index (Phi) is 4.76. The molecule has 24 heavy (non-hydrogen) atoms. The fraction of sp³-hybridized carbons (Fsp3) is 0.316. The van der Waals surface area contributed by atoms with Crippen molar-refractivity contribution in [1.82, 2.24) is 4.98 Å². The number of pyridine rings is 1. The van der Waals surface area contributed by atoms with Crippen LogP contribution >= 0.6 is 0 Å². The number of nitriles is 1. The molecule has 5 heteroatoms. The van der Waals surface area contributed by atoms with E-state index in [1.807, 2.05) is 6.07 Å². The van der Waals surface area contributed by atoms with Crippen molar-refractivity contribution in [2.45, 2.75) is 19.8 Å². The van der Waals surface area contributed by atoms with Gasteiger partial charge in [-0.3, -0.25) is 4.79 Å². The number of hydrogen-bond acceptors (Lipinski definition) is 4. The summed E-state index contributed by atoms with van der Waals surface area (Å²) in [5.74, 6) is 0.507. The van der Waals surface area contributed by atoms with Crippen LogP contribution in [0.5, 0.6) is 0 Å². The average Bonchev–Trinajstić information content (AvgIpc) is 2.62. The quantitative estimate of drug-likeness (QED) is 0.940. The summed E-state index contributed by atoms with van der Waals surface area (Å²) in [5, 5.41) is 11.7. The number of carbonyl (C=O) groups excluding carboxylic acids is 1. The van der Waals surface area contributed by atoms with Crippen LogP contribution < -0.4 is 10.2 Å². The lowest BCUT2D eigenvalue weighted by molar-refractivity contribution is 0.102. The molecule has 1 fully saturated rings. The molecule has 0 radical (unpaired) electrons. The molecule has 1 aliphatic heterocycles. The predicted octanol–water partition coefficient (Wildman–Crippen LogP) is 3.44. The van der Waals surface area contributed by atoms with E-state index in [0.717, 1.165) is 24.7 Å². The first kappa shape index (κ1) is 16.0. The van der Waals surface area contributed by atoms with E-state index in [1.165, 1.54) is 12.8 Å². The van der Waals surface area contributed by atoms with Crippen LogP contribution in [-0.4, -0.2) is 24.0 Å². The molecule has 0 saturated carbocycles. The Bertz CT molecular complexity index is 756. The summed E-state index contributed by atoms with van der Waals surface area (Å²) >= 11 is 0. The Morgan fingerprint density at radius 3 is 2.75 bits per heavy atom. The molecule has 1 saturated heterocycles. The molecule has 0 bridgehead atoms. The first-order chi connectivity index (χ1) is 11.7. The number of amides is 1. The summed E-state index contributed by atoms with van der Waals surface area (Å²) in [7, 11) is 0. The molecular weight excluding hydrogens is 300 g/mol. The second kappa shape index (κ2) is 7.14. The third kappa shape index (κ3) is 3.72.